The zero-order valence-corrected chi connectivity index (χ0v) is 22.7. The number of likely N-dealkylation sites (tertiary alicyclic amines) is 1. The number of carbonyl (C=O) groups excluding carboxylic acids is 1. The minimum absolute atomic E-state index is 0.206. The predicted octanol–water partition coefficient (Wildman–Crippen LogP) is 7.00. The molecule has 3 aromatic carbocycles. The first-order valence-corrected chi connectivity index (χ1v) is 14.1. The summed E-state index contributed by atoms with van der Waals surface area (Å²) in [6, 6.07) is 28.3. The Morgan fingerprint density at radius 3 is 2.59 bits per heavy atom. The number of methoxy groups -OCH3 is 1. The maximum atomic E-state index is 13.2. The molecule has 39 heavy (non-hydrogen) atoms. The van der Waals surface area contributed by atoms with E-state index in [-0.39, 0.29) is 5.91 Å². The van der Waals surface area contributed by atoms with E-state index >= 15 is 0 Å². The molecule has 0 spiro atoms. The number of ether oxygens (including phenoxy) is 1. The highest BCUT2D eigenvalue weighted by atomic mass is 32.1. The van der Waals surface area contributed by atoms with E-state index in [0.29, 0.717) is 23.0 Å². The number of rotatable bonds is 7. The highest BCUT2D eigenvalue weighted by Crippen LogP contribution is 2.33. The van der Waals surface area contributed by atoms with Crippen molar-refractivity contribution >= 4 is 33.8 Å². The van der Waals surface area contributed by atoms with Crippen molar-refractivity contribution in [3.63, 3.8) is 0 Å². The third kappa shape index (κ3) is 5.70. The standard InChI is InChI=1S/C32H30N4O2S/c1-38-26-13-14-27(22-7-3-2-4-8-22)29(19-26)34-31(37)30-21-39-32(35-30)24-15-17-36(18-16-24)20-25-12-11-23-9-5-6-10-28(23)33-25/h2-14,19,21,24H,15-18,20H2,1H3,(H,34,37). The van der Waals surface area contributed by atoms with Gasteiger partial charge in [0, 0.05) is 34.9 Å². The molecular formula is C32H30N4O2S. The van der Waals surface area contributed by atoms with Gasteiger partial charge in [0.15, 0.2) is 0 Å². The first kappa shape index (κ1) is 25.2. The lowest BCUT2D eigenvalue weighted by Gasteiger charge is -2.30. The summed E-state index contributed by atoms with van der Waals surface area (Å²) in [7, 11) is 1.62. The largest absolute Gasteiger partial charge is 0.497 e. The second-order valence-corrected chi connectivity index (χ2v) is 10.7. The van der Waals surface area contributed by atoms with Crippen LogP contribution in [0.3, 0.4) is 0 Å². The van der Waals surface area contributed by atoms with E-state index in [0.717, 1.165) is 59.8 Å². The number of carbonyl (C=O) groups is 1. The van der Waals surface area contributed by atoms with Crippen LogP contribution < -0.4 is 10.1 Å². The highest BCUT2D eigenvalue weighted by Gasteiger charge is 2.24. The number of fused-ring (bicyclic) bond motifs is 1. The SMILES string of the molecule is COc1ccc(-c2ccccc2)c(NC(=O)c2csc(C3CCN(Cc4ccc5ccccc5n4)CC3)n2)c1. The number of thiazole rings is 1. The van der Waals surface area contributed by atoms with Crippen molar-refractivity contribution in [1.29, 1.82) is 0 Å². The van der Waals surface area contributed by atoms with Crippen molar-refractivity contribution in [2.75, 3.05) is 25.5 Å². The number of nitrogens with one attached hydrogen (secondary N) is 1. The monoisotopic (exact) mass is 534 g/mol. The summed E-state index contributed by atoms with van der Waals surface area (Å²) in [5, 5.41) is 7.16. The number of benzene rings is 3. The first-order valence-electron chi connectivity index (χ1n) is 13.2. The highest BCUT2D eigenvalue weighted by molar-refractivity contribution is 7.10. The van der Waals surface area contributed by atoms with Crippen molar-refractivity contribution in [3.8, 4) is 16.9 Å². The van der Waals surface area contributed by atoms with Crippen LogP contribution in [0.4, 0.5) is 5.69 Å². The van der Waals surface area contributed by atoms with Crippen LogP contribution in [-0.4, -0.2) is 41.0 Å². The number of para-hydroxylation sites is 1. The molecule has 0 atom stereocenters. The molecular weight excluding hydrogens is 504 g/mol. The number of anilines is 1. The third-order valence-electron chi connectivity index (χ3n) is 7.29. The van der Waals surface area contributed by atoms with E-state index in [9.17, 15) is 4.79 Å². The molecule has 1 amide bonds. The molecule has 3 heterocycles. The summed E-state index contributed by atoms with van der Waals surface area (Å²) in [5.41, 5.74) is 5.28. The number of pyridine rings is 1. The number of amides is 1. The maximum absolute atomic E-state index is 13.2. The molecule has 0 bridgehead atoms. The van der Waals surface area contributed by atoms with Gasteiger partial charge < -0.3 is 10.1 Å². The van der Waals surface area contributed by atoms with Gasteiger partial charge in [-0.05, 0) is 55.8 Å². The van der Waals surface area contributed by atoms with Crippen LogP contribution in [0.1, 0.15) is 39.9 Å². The molecule has 6 nitrogen and oxygen atoms in total. The summed E-state index contributed by atoms with van der Waals surface area (Å²) in [5.74, 6) is 0.853. The summed E-state index contributed by atoms with van der Waals surface area (Å²) in [4.78, 5) is 25.3. The second kappa shape index (κ2) is 11.4. The van der Waals surface area contributed by atoms with E-state index in [2.05, 4.69) is 34.5 Å². The zero-order chi connectivity index (χ0) is 26.6. The fourth-order valence-corrected chi connectivity index (χ4v) is 6.12. The number of hydrogen-bond donors (Lipinski definition) is 1. The van der Waals surface area contributed by atoms with Crippen LogP contribution in [0.15, 0.2) is 90.3 Å². The molecule has 1 fully saturated rings. The van der Waals surface area contributed by atoms with Crippen molar-refractivity contribution < 1.29 is 9.53 Å². The Hall–Kier alpha value is -4.07. The van der Waals surface area contributed by atoms with Crippen molar-refractivity contribution in [2.45, 2.75) is 25.3 Å². The molecule has 0 unspecified atom stereocenters. The number of aromatic nitrogens is 2. The van der Waals surface area contributed by atoms with Gasteiger partial charge in [0.1, 0.15) is 11.4 Å². The van der Waals surface area contributed by atoms with Crippen LogP contribution in [0.5, 0.6) is 5.75 Å². The first-order chi connectivity index (χ1) is 19.2. The topological polar surface area (TPSA) is 67.3 Å². The predicted molar refractivity (Wildman–Crippen MR) is 157 cm³/mol. The van der Waals surface area contributed by atoms with Gasteiger partial charge in [-0.2, -0.15) is 0 Å². The van der Waals surface area contributed by atoms with Gasteiger partial charge in [-0.1, -0.05) is 54.6 Å². The van der Waals surface area contributed by atoms with Gasteiger partial charge in [-0.3, -0.25) is 14.7 Å². The van der Waals surface area contributed by atoms with Crippen LogP contribution in [0.2, 0.25) is 0 Å². The Morgan fingerprint density at radius 2 is 1.77 bits per heavy atom. The summed E-state index contributed by atoms with van der Waals surface area (Å²) >= 11 is 1.58. The minimum atomic E-state index is -0.206. The van der Waals surface area contributed by atoms with Gasteiger partial charge >= 0.3 is 0 Å². The lowest BCUT2D eigenvalue weighted by atomic mass is 9.97. The maximum Gasteiger partial charge on any atom is 0.275 e. The van der Waals surface area contributed by atoms with Gasteiger partial charge in [-0.25, -0.2) is 4.98 Å². The average Bonchev–Trinajstić information content (AvgIpc) is 3.49. The van der Waals surface area contributed by atoms with E-state index in [1.807, 2.05) is 66.0 Å². The lowest BCUT2D eigenvalue weighted by Crippen LogP contribution is -2.32. The molecule has 1 aliphatic heterocycles. The van der Waals surface area contributed by atoms with E-state index in [4.69, 9.17) is 14.7 Å². The molecule has 7 heteroatoms. The van der Waals surface area contributed by atoms with Crippen molar-refractivity contribution in [2.24, 2.45) is 0 Å². The molecule has 6 rings (SSSR count). The normalized spacial score (nSPS) is 14.4. The smallest absolute Gasteiger partial charge is 0.275 e. The van der Waals surface area contributed by atoms with Gasteiger partial charge in [0.25, 0.3) is 5.91 Å². The Morgan fingerprint density at radius 1 is 0.974 bits per heavy atom. The Bertz CT molecular complexity index is 1590. The van der Waals surface area contributed by atoms with Gasteiger partial charge in [-0.15, -0.1) is 11.3 Å². The van der Waals surface area contributed by atoms with Crippen LogP contribution >= 0.6 is 11.3 Å². The molecule has 1 N–H and O–H groups in total. The van der Waals surface area contributed by atoms with Crippen molar-refractivity contribution in [3.05, 3.63) is 107 Å². The second-order valence-electron chi connectivity index (χ2n) is 9.85. The minimum Gasteiger partial charge on any atom is -0.497 e. The molecule has 2 aromatic heterocycles. The van der Waals surface area contributed by atoms with Crippen molar-refractivity contribution in [1.82, 2.24) is 14.9 Å². The molecule has 0 aliphatic carbocycles. The zero-order valence-electron chi connectivity index (χ0n) is 21.8. The Labute approximate surface area is 232 Å². The van der Waals surface area contributed by atoms with Gasteiger partial charge in [0.2, 0.25) is 0 Å². The molecule has 196 valence electrons. The number of nitrogens with zero attached hydrogens (tertiary/aromatic N) is 3. The number of hydrogen-bond acceptors (Lipinski definition) is 6. The summed E-state index contributed by atoms with van der Waals surface area (Å²) < 4.78 is 5.41. The lowest BCUT2D eigenvalue weighted by molar-refractivity contribution is 0.102. The quantitative estimate of drug-likeness (QED) is 0.244. The number of piperidine rings is 1. The fraction of sp³-hybridized carbons (Fsp3) is 0.219. The van der Waals surface area contributed by atoms with Gasteiger partial charge in [0.05, 0.1) is 29.0 Å². The molecule has 0 radical (unpaired) electrons. The average molecular weight is 535 g/mol. The summed E-state index contributed by atoms with van der Waals surface area (Å²) in [6.07, 6.45) is 2.05. The van der Waals surface area contributed by atoms with E-state index < -0.39 is 0 Å². The Kier molecular flexibility index (Phi) is 7.34. The molecule has 1 aliphatic rings. The van der Waals surface area contributed by atoms with Crippen LogP contribution in [0, 0.1) is 0 Å². The third-order valence-corrected chi connectivity index (χ3v) is 8.30. The van der Waals surface area contributed by atoms with E-state index in [1.54, 1.807) is 18.4 Å². The molecule has 0 saturated carbocycles. The summed E-state index contributed by atoms with van der Waals surface area (Å²) in [6.45, 7) is 2.84. The Balaban J connectivity index is 1.10. The molecule has 1 saturated heterocycles. The van der Waals surface area contributed by atoms with Crippen LogP contribution in [-0.2, 0) is 6.54 Å². The van der Waals surface area contributed by atoms with E-state index in [1.165, 1.54) is 5.39 Å². The van der Waals surface area contributed by atoms with Crippen LogP contribution in [0.25, 0.3) is 22.0 Å². The molecule has 5 aromatic rings. The fourth-order valence-electron chi connectivity index (χ4n) is 5.15.